The predicted molar refractivity (Wildman–Crippen MR) is 124 cm³/mol. The van der Waals surface area contributed by atoms with Crippen LogP contribution in [0.1, 0.15) is 19.3 Å². The van der Waals surface area contributed by atoms with Crippen molar-refractivity contribution >= 4 is 44.5 Å². The van der Waals surface area contributed by atoms with E-state index in [2.05, 4.69) is 25.5 Å². The summed E-state index contributed by atoms with van der Waals surface area (Å²) in [6, 6.07) is 14.5. The molecule has 3 aromatic rings. The zero-order chi connectivity index (χ0) is 21.8. The fourth-order valence-corrected chi connectivity index (χ4v) is 5.12. The third-order valence-corrected chi connectivity index (χ3v) is 6.78. The maximum atomic E-state index is 11.9. The first kappa shape index (κ1) is 21.5. The summed E-state index contributed by atoms with van der Waals surface area (Å²) in [4.78, 5) is 30.2. The molecule has 31 heavy (non-hydrogen) atoms. The number of carbonyl (C=O) groups excluding carboxylic acids is 1. The molecule has 0 aliphatic carbocycles. The number of nitro groups is 1. The van der Waals surface area contributed by atoms with Gasteiger partial charge >= 0.3 is 0 Å². The molecule has 0 N–H and O–H groups in total. The molecule has 0 atom stereocenters. The Bertz CT molecular complexity index is 1190. The van der Waals surface area contributed by atoms with E-state index >= 15 is 0 Å². The van der Waals surface area contributed by atoms with Gasteiger partial charge in [0, 0.05) is 47.5 Å². The van der Waals surface area contributed by atoms with Crippen molar-refractivity contribution in [2.75, 3.05) is 13.1 Å². The fraction of sp³-hybridized carbons (Fsp3) is 0.273. The van der Waals surface area contributed by atoms with Gasteiger partial charge in [0.2, 0.25) is 5.91 Å². The van der Waals surface area contributed by atoms with Gasteiger partial charge in [-0.1, -0.05) is 46.3 Å². The first-order valence-corrected chi connectivity index (χ1v) is 11.7. The first-order valence-electron chi connectivity index (χ1n) is 10.0. The van der Waals surface area contributed by atoms with Gasteiger partial charge in [0.15, 0.2) is 4.80 Å². The largest absolute Gasteiger partial charge is 0.343 e. The number of thiazole rings is 1. The van der Waals surface area contributed by atoms with E-state index in [1.165, 1.54) is 17.4 Å². The molecular formula is C22H21BrN4O3S. The Labute approximate surface area is 192 Å². The van der Waals surface area contributed by atoms with Crippen molar-refractivity contribution in [2.24, 2.45) is 4.99 Å². The summed E-state index contributed by atoms with van der Waals surface area (Å²) in [6.07, 6.45) is 2.33. The first-order chi connectivity index (χ1) is 15.0. The Balaban J connectivity index is 1.72. The van der Waals surface area contributed by atoms with Crippen LogP contribution >= 0.6 is 27.3 Å². The number of rotatable bonds is 7. The number of hydrogen-bond donors (Lipinski definition) is 0. The Hall–Kier alpha value is -2.78. The minimum atomic E-state index is -0.412. The lowest BCUT2D eigenvalue weighted by molar-refractivity contribution is -0.384. The van der Waals surface area contributed by atoms with E-state index in [-0.39, 0.29) is 11.6 Å². The average Bonchev–Trinajstić information content (AvgIpc) is 3.35. The number of carbonyl (C=O) groups is 1. The summed E-state index contributed by atoms with van der Waals surface area (Å²) >= 11 is 5.07. The highest BCUT2D eigenvalue weighted by atomic mass is 79.9. The lowest BCUT2D eigenvalue weighted by Crippen LogP contribution is -2.27. The van der Waals surface area contributed by atoms with Crippen molar-refractivity contribution in [3.05, 3.63) is 73.3 Å². The predicted octanol–water partition coefficient (Wildman–Crippen LogP) is 5.13. The van der Waals surface area contributed by atoms with Crippen LogP contribution < -0.4 is 4.80 Å². The van der Waals surface area contributed by atoms with E-state index in [0.717, 1.165) is 35.1 Å². The quantitative estimate of drug-likeness (QED) is 0.333. The van der Waals surface area contributed by atoms with E-state index in [1.54, 1.807) is 18.2 Å². The van der Waals surface area contributed by atoms with Crippen LogP contribution in [-0.2, 0) is 11.3 Å². The van der Waals surface area contributed by atoms with Gasteiger partial charge in [-0.25, -0.2) is 4.99 Å². The zero-order valence-corrected chi connectivity index (χ0v) is 19.1. The van der Waals surface area contributed by atoms with E-state index in [4.69, 9.17) is 0 Å². The molecule has 0 spiro atoms. The van der Waals surface area contributed by atoms with Crippen molar-refractivity contribution < 1.29 is 9.72 Å². The number of halogens is 1. The van der Waals surface area contributed by atoms with E-state index in [0.29, 0.717) is 30.0 Å². The topological polar surface area (TPSA) is 80.7 Å². The lowest BCUT2D eigenvalue weighted by atomic mass is 10.2. The molecule has 0 radical (unpaired) electrons. The van der Waals surface area contributed by atoms with Crippen molar-refractivity contribution in [3.8, 4) is 11.3 Å². The Kier molecular flexibility index (Phi) is 6.62. The number of para-hydroxylation sites is 2. The third kappa shape index (κ3) is 4.77. The molecule has 0 saturated carbocycles. The highest BCUT2D eigenvalue weighted by Crippen LogP contribution is 2.30. The monoisotopic (exact) mass is 500 g/mol. The molecule has 1 amide bonds. The highest BCUT2D eigenvalue weighted by molar-refractivity contribution is 9.10. The SMILES string of the molecule is O=C1CCCN1CCCn1c(-c2ccccc2Br)csc1=Nc1ccccc1[N+](=O)[O-]. The normalized spacial score (nSPS) is 14.4. The van der Waals surface area contributed by atoms with Gasteiger partial charge in [0.25, 0.3) is 5.69 Å². The van der Waals surface area contributed by atoms with Crippen LogP contribution in [0.2, 0.25) is 0 Å². The van der Waals surface area contributed by atoms with Crippen molar-refractivity contribution in [3.63, 3.8) is 0 Å². The van der Waals surface area contributed by atoms with Crippen LogP contribution in [0.3, 0.4) is 0 Å². The number of nitrogens with zero attached hydrogens (tertiary/aromatic N) is 4. The molecular weight excluding hydrogens is 480 g/mol. The second-order valence-electron chi connectivity index (χ2n) is 7.23. The van der Waals surface area contributed by atoms with Gasteiger partial charge in [-0.05, 0) is 25.0 Å². The van der Waals surface area contributed by atoms with E-state index in [1.807, 2.05) is 34.5 Å². The second kappa shape index (κ2) is 9.57. The minimum absolute atomic E-state index is 0.0208. The van der Waals surface area contributed by atoms with E-state index < -0.39 is 4.92 Å². The summed E-state index contributed by atoms with van der Waals surface area (Å²) < 4.78 is 3.05. The molecule has 1 saturated heterocycles. The van der Waals surface area contributed by atoms with E-state index in [9.17, 15) is 14.9 Å². The molecule has 1 aliphatic rings. The molecule has 2 aromatic carbocycles. The summed E-state index contributed by atoms with van der Waals surface area (Å²) in [7, 11) is 0. The molecule has 1 aromatic heterocycles. The standard InChI is InChI=1S/C22H21BrN4O3S/c23-17-8-2-1-7-16(17)20-15-31-22(24-18-9-3-4-10-19(18)27(29)30)26(20)14-6-13-25-12-5-11-21(25)28/h1-4,7-10,15H,5-6,11-14H2. The number of aromatic nitrogens is 1. The number of likely N-dealkylation sites (tertiary alicyclic amines) is 1. The fourth-order valence-electron chi connectivity index (χ4n) is 3.70. The van der Waals surface area contributed by atoms with Crippen molar-refractivity contribution in [1.82, 2.24) is 9.47 Å². The average molecular weight is 501 g/mol. The summed E-state index contributed by atoms with van der Waals surface area (Å²) in [5.41, 5.74) is 2.33. The van der Waals surface area contributed by atoms with Crippen LogP contribution in [0.5, 0.6) is 0 Å². The van der Waals surface area contributed by atoms with Crippen LogP contribution in [0.25, 0.3) is 11.3 Å². The summed E-state index contributed by atoms with van der Waals surface area (Å²) in [6.45, 7) is 2.17. The van der Waals surface area contributed by atoms with Crippen LogP contribution in [0, 0.1) is 10.1 Å². The maximum absolute atomic E-state index is 11.9. The smallest absolute Gasteiger partial charge is 0.294 e. The number of amides is 1. The van der Waals surface area contributed by atoms with Crippen LogP contribution in [-0.4, -0.2) is 33.4 Å². The molecule has 0 unspecified atom stereocenters. The van der Waals surface area contributed by atoms with Crippen molar-refractivity contribution in [2.45, 2.75) is 25.8 Å². The molecule has 7 nitrogen and oxygen atoms in total. The van der Waals surface area contributed by atoms with Gasteiger partial charge in [0.05, 0.1) is 10.6 Å². The molecule has 4 rings (SSSR count). The van der Waals surface area contributed by atoms with Gasteiger partial charge in [-0.15, -0.1) is 11.3 Å². The third-order valence-electron chi connectivity index (χ3n) is 5.22. The van der Waals surface area contributed by atoms with Gasteiger partial charge < -0.3 is 9.47 Å². The second-order valence-corrected chi connectivity index (χ2v) is 8.92. The van der Waals surface area contributed by atoms with Crippen molar-refractivity contribution in [1.29, 1.82) is 0 Å². The van der Waals surface area contributed by atoms with Crippen LogP contribution in [0.15, 0.2) is 63.4 Å². The maximum Gasteiger partial charge on any atom is 0.294 e. The number of hydrogen-bond acceptors (Lipinski definition) is 5. The Morgan fingerprint density at radius 1 is 1.13 bits per heavy atom. The molecule has 1 fully saturated rings. The van der Waals surface area contributed by atoms with Crippen LogP contribution in [0.4, 0.5) is 11.4 Å². The highest BCUT2D eigenvalue weighted by Gasteiger charge is 2.20. The molecule has 160 valence electrons. The summed E-state index contributed by atoms with van der Waals surface area (Å²) in [5.74, 6) is 0.214. The number of nitro benzene ring substituents is 1. The molecule has 0 bridgehead atoms. The van der Waals surface area contributed by atoms with Gasteiger partial charge in [-0.2, -0.15) is 0 Å². The molecule has 2 heterocycles. The summed E-state index contributed by atoms with van der Waals surface area (Å²) in [5, 5.41) is 13.4. The number of benzene rings is 2. The van der Waals surface area contributed by atoms with Gasteiger partial charge in [-0.3, -0.25) is 14.9 Å². The Morgan fingerprint density at radius 2 is 1.90 bits per heavy atom. The lowest BCUT2D eigenvalue weighted by Gasteiger charge is -2.16. The molecule has 9 heteroatoms. The minimum Gasteiger partial charge on any atom is -0.343 e. The molecule has 1 aliphatic heterocycles. The zero-order valence-electron chi connectivity index (χ0n) is 16.7. The van der Waals surface area contributed by atoms with Gasteiger partial charge in [0.1, 0.15) is 5.69 Å². The Morgan fingerprint density at radius 3 is 2.65 bits per heavy atom.